The molecule has 4 aromatic carbocycles. The molecule has 1 heterocycles. The third-order valence-corrected chi connectivity index (χ3v) is 6.64. The highest BCUT2D eigenvalue weighted by Gasteiger charge is 2.41. The van der Waals surface area contributed by atoms with E-state index in [0.29, 0.717) is 39.7 Å². The van der Waals surface area contributed by atoms with Crippen molar-refractivity contribution in [2.24, 2.45) is 0 Å². The maximum Gasteiger partial charge on any atom is 0.346 e. The van der Waals surface area contributed by atoms with E-state index < -0.39 is 11.0 Å². The number of aromatic nitrogens is 1. The van der Waals surface area contributed by atoms with Crippen LogP contribution >= 0.6 is 11.6 Å². The van der Waals surface area contributed by atoms with Gasteiger partial charge in [-0.1, -0.05) is 78.3 Å². The van der Waals surface area contributed by atoms with E-state index in [2.05, 4.69) is 0 Å². The summed E-state index contributed by atoms with van der Waals surface area (Å²) in [5.41, 5.74) is 1.97. The van der Waals surface area contributed by atoms with Gasteiger partial charge in [-0.25, -0.2) is 9.78 Å². The Labute approximate surface area is 213 Å². The van der Waals surface area contributed by atoms with Crippen LogP contribution in [0.5, 0.6) is 11.5 Å². The number of hydrogen-bond donors (Lipinski definition) is 0. The van der Waals surface area contributed by atoms with E-state index in [4.69, 9.17) is 30.5 Å². The molecule has 0 N–H and O–H groups in total. The molecule has 0 atom stereocenters. The molecule has 0 saturated carbocycles. The lowest BCUT2D eigenvalue weighted by Crippen LogP contribution is -2.34. The fourth-order valence-corrected chi connectivity index (χ4v) is 4.83. The minimum atomic E-state index is -0.908. The Morgan fingerprint density at radius 3 is 2.06 bits per heavy atom. The molecule has 0 amide bonds. The number of hydrogen-bond acceptors (Lipinski definition) is 5. The van der Waals surface area contributed by atoms with E-state index in [1.54, 1.807) is 32.4 Å². The molecule has 0 fully saturated rings. The SMILES string of the molecule is COc1ccc(CC(c2ccccc2)(c2ccccc2)c2nc3ccc(Cl)cc3c(=O)o2)cc1OC. The molecule has 0 bridgehead atoms. The van der Waals surface area contributed by atoms with Gasteiger partial charge in [-0.3, -0.25) is 0 Å². The van der Waals surface area contributed by atoms with Gasteiger partial charge in [0, 0.05) is 5.02 Å². The van der Waals surface area contributed by atoms with Crippen LogP contribution in [-0.2, 0) is 11.8 Å². The van der Waals surface area contributed by atoms with Gasteiger partial charge in [0.15, 0.2) is 11.5 Å². The summed E-state index contributed by atoms with van der Waals surface area (Å²) in [5, 5.41) is 0.791. The third kappa shape index (κ3) is 4.23. The summed E-state index contributed by atoms with van der Waals surface area (Å²) in [6.45, 7) is 0. The van der Waals surface area contributed by atoms with Crippen LogP contribution in [0.1, 0.15) is 22.6 Å². The molecule has 0 aliphatic rings. The van der Waals surface area contributed by atoms with Gasteiger partial charge in [0.25, 0.3) is 0 Å². The van der Waals surface area contributed by atoms with Gasteiger partial charge in [-0.2, -0.15) is 0 Å². The highest BCUT2D eigenvalue weighted by atomic mass is 35.5. The minimum absolute atomic E-state index is 0.300. The number of ether oxygens (including phenoxy) is 2. The van der Waals surface area contributed by atoms with E-state index in [0.717, 1.165) is 16.7 Å². The summed E-state index contributed by atoms with van der Waals surface area (Å²) in [6.07, 6.45) is 0.455. The lowest BCUT2D eigenvalue weighted by atomic mass is 9.70. The van der Waals surface area contributed by atoms with Gasteiger partial charge >= 0.3 is 5.63 Å². The Morgan fingerprint density at radius 2 is 1.44 bits per heavy atom. The van der Waals surface area contributed by atoms with Crippen molar-refractivity contribution in [3.8, 4) is 11.5 Å². The van der Waals surface area contributed by atoms with Crippen LogP contribution in [0.3, 0.4) is 0 Å². The summed E-state index contributed by atoms with van der Waals surface area (Å²) in [7, 11) is 3.22. The molecule has 0 aliphatic carbocycles. The zero-order valence-corrected chi connectivity index (χ0v) is 20.7. The molecule has 5 rings (SSSR count). The molecular weight excluding hydrogens is 474 g/mol. The Hall–Kier alpha value is -4.09. The second-order valence-corrected chi connectivity index (χ2v) is 8.91. The standard InChI is InChI=1S/C30H24ClNO4/c1-34-26-16-13-20(17-27(26)35-2)19-30(21-9-5-3-6-10-21,22-11-7-4-8-12-22)29-32-25-15-14-23(31)18-24(25)28(33)36-29/h3-18H,19H2,1-2H3. The smallest absolute Gasteiger partial charge is 0.346 e. The zero-order valence-electron chi connectivity index (χ0n) is 19.9. The van der Waals surface area contributed by atoms with Crippen molar-refractivity contribution in [2.45, 2.75) is 11.8 Å². The molecule has 6 heteroatoms. The van der Waals surface area contributed by atoms with Crippen molar-refractivity contribution in [3.05, 3.63) is 135 Å². The summed E-state index contributed by atoms with van der Waals surface area (Å²) in [4.78, 5) is 18.1. The van der Waals surface area contributed by atoms with Gasteiger partial charge in [0.1, 0.15) is 5.41 Å². The van der Waals surface area contributed by atoms with Crippen molar-refractivity contribution >= 4 is 22.5 Å². The zero-order chi connectivity index (χ0) is 25.1. The van der Waals surface area contributed by atoms with Crippen LogP contribution in [-0.4, -0.2) is 19.2 Å². The first-order valence-corrected chi connectivity index (χ1v) is 11.9. The molecule has 5 aromatic rings. The summed E-state index contributed by atoms with van der Waals surface area (Å²) in [6, 6.07) is 30.8. The van der Waals surface area contributed by atoms with E-state index in [1.807, 2.05) is 78.9 Å². The van der Waals surface area contributed by atoms with Crippen LogP contribution in [0.25, 0.3) is 10.9 Å². The number of nitrogens with zero attached hydrogens (tertiary/aromatic N) is 1. The molecule has 1 aromatic heterocycles. The number of rotatable bonds is 7. The molecule has 0 saturated heterocycles. The average Bonchev–Trinajstić information content (AvgIpc) is 2.93. The first kappa shape index (κ1) is 23.6. The van der Waals surface area contributed by atoms with E-state index in [-0.39, 0.29) is 0 Å². The van der Waals surface area contributed by atoms with Gasteiger partial charge in [-0.05, 0) is 53.4 Å². The molecule has 5 nitrogen and oxygen atoms in total. The molecule has 36 heavy (non-hydrogen) atoms. The summed E-state index contributed by atoms with van der Waals surface area (Å²) < 4.78 is 17.0. The molecule has 180 valence electrons. The minimum Gasteiger partial charge on any atom is -0.493 e. The average molecular weight is 498 g/mol. The second-order valence-electron chi connectivity index (χ2n) is 8.47. The normalized spacial score (nSPS) is 11.4. The Morgan fingerprint density at radius 1 is 0.806 bits per heavy atom. The summed E-state index contributed by atoms with van der Waals surface area (Å²) >= 11 is 6.14. The van der Waals surface area contributed by atoms with Gasteiger partial charge in [-0.15, -0.1) is 0 Å². The first-order chi connectivity index (χ1) is 17.5. The van der Waals surface area contributed by atoms with Crippen molar-refractivity contribution < 1.29 is 13.9 Å². The fraction of sp³-hybridized carbons (Fsp3) is 0.133. The van der Waals surface area contributed by atoms with Crippen LogP contribution in [0, 0.1) is 0 Å². The quantitative estimate of drug-likeness (QED) is 0.259. The highest BCUT2D eigenvalue weighted by Crippen LogP contribution is 2.42. The van der Waals surface area contributed by atoms with Crippen LogP contribution in [0.4, 0.5) is 0 Å². The molecule has 0 aliphatic heterocycles. The molecule has 0 unspecified atom stereocenters. The topological polar surface area (TPSA) is 61.6 Å². The van der Waals surface area contributed by atoms with E-state index in [1.165, 1.54) is 0 Å². The number of methoxy groups -OCH3 is 2. The predicted molar refractivity (Wildman–Crippen MR) is 141 cm³/mol. The Kier molecular flexibility index (Phi) is 6.49. The highest BCUT2D eigenvalue weighted by molar-refractivity contribution is 6.31. The molecule has 0 radical (unpaired) electrons. The number of halogens is 1. The lowest BCUT2D eigenvalue weighted by Gasteiger charge is -2.33. The largest absolute Gasteiger partial charge is 0.493 e. The fourth-order valence-electron chi connectivity index (χ4n) is 4.66. The van der Waals surface area contributed by atoms with Crippen LogP contribution in [0.2, 0.25) is 5.02 Å². The van der Waals surface area contributed by atoms with Gasteiger partial charge < -0.3 is 13.9 Å². The van der Waals surface area contributed by atoms with Crippen LogP contribution in [0.15, 0.2) is 106 Å². The summed E-state index contributed by atoms with van der Waals surface area (Å²) in [5.74, 6) is 1.56. The Bertz CT molecular complexity index is 1530. The van der Waals surface area contributed by atoms with Gasteiger partial charge in [0.05, 0.1) is 25.1 Å². The maximum atomic E-state index is 13.2. The van der Waals surface area contributed by atoms with Gasteiger partial charge in [0.2, 0.25) is 5.89 Å². The second kappa shape index (κ2) is 9.88. The van der Waals surface area contributed by atoms with Crippen LogP contribution < -0.4 is 15.1 Å². The molecule has 0 spiro atoms. The third-order valence-electron chi connectivity index (χ3n) is 6.41. The molecular formula is C30H24ClNO4. The Balaban J connectivity index is 1.83. The van der Waals surface area contributed by atoms with Crippen molar-refractivity contribution in [1.82, 2.24) is 4.98 Å². The monoisotopic (exact) mass is 497 g/mol. The van der Waals surface area contributed by atoms with Crippen molar-refractivity contribution in [1.29, 1.82) is 0 Å². The maximum absolute atomic E-state index is 13.2. The predicted octanol–water partition coefficient (Wildman–Crippen LogP) is 6.44. The van der Waals surface area contributed by atoms with Crippen molar-refractivity contribution in [2.75, 3.05) is 14.2 Å². The van der Waals surface area contributed by atoms with Crippen molar-refractivity contribution in [3.63, 3.8) is 0 Å². The first-order valence-electron chi connectivity index (χ1n) is 11.5. The number of benzene rings is 4. The number of fused-ring (bicyclic) bond motifs is 1. The van der Waals surface area contributed by atoms with E-state index in [9.17, 15) is 4.79 Å². The lowest BCUT2D eigenvalue weighted by molar-refractivity contribution is 0.352. The van der Waals surface area contributed by atoms with E-state index >= 15 is 0 Å².